The summed E-state index contributed by atoms with van der Waals surface area (Å²) in [6, 6.07) is 0. The van der Waals surface area contributed by atoms with Gasteiger partial charge >= 0.3 is 0 Å². The predicted octanol–water partition coefficient (Wildman–Crippen LogP) is 4.01. The number of rotatable bonds is 3. The zero-order valence-electron chi connectivity index (χ0n) is 14.0. The SMILES string of the molecule is CC1=C[C@H](O[Si](C)(C)C)[C@](C#C[Si](C)(C)C)(C=O)CC1. The molecule has 20 heavy (non-hydrogen) atoms. The highest BCUT2D eigenvalue weighted by molar-refractivity contribution is 6.83. The van der Waals surface area contributed by atoms with Gasteiger partial charge in [-0.3, -0.25) is 0 Å². The van der Waals surface area contributed by atoms with Crippen molar-refractivity contribution in [3.05, 3.63) is 11.6 Å². The third-order valence-corrected chi connectivity index (χ3v) is 5.07. The maximum absolute atomic E-state index is 11.8. The Labute approximate surface area is 126 Å². The molecule has 0 radical (unpaired) electrons. The third kappa shape index (κ3) is 5.04. The molecule has 0 amide bonds. The van der Waals surface area contributed by atoms with E-state index < -0.39 is 21.8 Å². The molecule has 2 atom stereocenters. The van der Waals surface area contributed by atoms with E-state index >= 15 is 0 Å². The van der Waals surface area contributed by atoms with Gasteiger partial charge in [-0.1, -0.05) is 37.2 Å². The van der Waals surface area contributed by atoms with Crippen LogP contribution in [0.2, 0.25) is 39.3 Å². The van der Waals surface area contributed by atoms with Gasteiger partial charge in [-0.05, 0) is 39.4 Å². The van der Waals surface area contributed by atoms with E-state index in [-0.39, 0.29) is 6.10 Å². The lowest BCUT2D eigenvalue weighted by atomic mass is 9.75. The molecule has 0 N–H and O–H groups in total. The molecule has 0 fully saturated rings. The fourth-order valence-electron chi connectivity index (χ4n) is 2.15. The summed E-state index contributed by atoms with van der Waals surface area (Å²) in [6.07, 6.45) is 4.70. The summed E-state index contributed by atoms with van der Waals surface area (Å²) in [6.45, 7) is 15.2. The van der Waals surface area contributed by atoms with E-state index in [4.69, 9.17) is 4.43 Å². The van der Waals surface area contributed by atoms with Crippen molar-refractivity contribution < 1.29 is 9.22 Å². The van der Waals surface area contributed by atoms with Crippen molar-refractivity contribution in [2.75, 3.05) is 0 Å². The number of aldehydes is 1. The lowest BCUT2D eigenvalue weighted by molar-refractivity contribution is -0.117. The molecule has 0 aromatic heterocycles. The van der Waals surface area contributed by atoms with Crippen molar-refractivity contribution in [2.45, 2.75) is 65.2 Å². The lowest BCUT2D eigenvalue weighted by Gasteiger charge is -2.38. The van der Waals surface area contributed by atoms with Gasteiger partial charge in [0.2, 0.25) is 0 Å². The van der Waals surface area contributed by atoms with E-state index in [1.165, 1.54) is 5.57 Å². The highest BCUT2D eigenvalue weighted by Crippen LogP contribution is 2.37. The summed E-state index contributed by atoms with van der Waals surface area (Å²) >= 11 is 0. The van der Waals surface area contributed by atoms with Gasteiger partial charge in [0.15, 0.2) is 8.32 Å². The standard InChI is InChI=1S/C16H28O2Si2/c1-14-8-9-16(13-17,10-11-19(2,3)4)15(12-14)18-20(5,6)7/h12-13,15H,8-9H2,1-7H3/t15-,16+/m0/s1. The Bertz CT molecular complexity index is 458. The summed E-state index contributed by atoms with van der Waals surface area (Å²) in [5.41, 5.74) is 4.04. The van der Waals surface area contributed by atoms with Crippen LogP contribution in [0.1, 0.15) is 19.8 Å². The van der Waals surface area contributed by atoms with Crippen molar-refractivity contribution in [1.82, 2.24) is 0 Å². The van der Waals surface area contributed by atoms with Gasteiger partial charge in [0.25, 0.3) is 0 Å². The molecule has 0 saturated heterocycles. The first-order chi connectivity index (χ1) is 8.97. The van der Waals surface area contributed by atoms with Gasteiger partial charge in [0.05, 0.1) is 6.10 Å². The fourth-order valence-corrected chi connectivity index (χ4v) is 3.80. The van der Waals surface area contributed by atoms with Crippen molar-refractivity contribution in [3.8, 4) is 11.5 Å². The molecule has 0 aromatic carbocycles. The summed E-state index contributed by atoms with van der Waals surface area (Å²) in [5.74, 6) is 3.31. The van der Waals surface area contributed by atoms with Crippen LogP contribution in [0.4, 0.5) is 0 Å². The summed E-state index contributed by atoms with van der Waals surface area (Å²) in [5, 5.41) is 0. The van der Waals surface area contributed by atoms with Crippen LogP contribution in [0.25, 0.3) is 0 Å². The maximum atomic E-state index is 11.8. The Morgan fingerprint density at radius 1 is 1.30 bits per heavy atom. The van der Waals surface area contributed by atoms with Crippen LogP contribution in [0.3, 0.4) is 0 Å². The van der Waals surface area contributed by atoms with E-state index in [2.05, 4.69) is 63.7 Å². The first-order valence-electron chi connectivity index (χ1n) is 7.33. The molecule has 0 saturated carbocycles. The quantitative estimate of drug-likeness (QED) is 0.341. The average Bonchev–Trinajstić information content (AvgIpc) is 2.25. The topological polar surface area (TPSA) is 26.3 Å². The van der Waals surface area contributed by atoms with Crippen LogP contribution >= 0.6 is 0 Å². The molecule has 1 rings (SSSR count). The van der Waals surface area contributed by atoms with Crippen molar-refractivity contribution in [1.29, 1.82) is 0 Å². The third-order valence-electron chi connectivity index (χ3n) is 3.24. The summed E-state index contributed by atoms with van der Waals surface area (Å²) < 4.78 is 6.27. The first-order valence-corrected chi connectivity index (χ1v) is 14.2. The predicted molar refractivity (Wildman–Crippen MR) is 90.8 cm³/mol. The molecular formula is C16H28O2Si2. The number of carbonyl (C=O) groups excluding carboxylic acids is 1. The molecular weight excluding hydrogens is 280 g/mol. The van der Waals surface area contributed by atoms with E-state index in [1.54, 1.807) is 0 Å². The van der Waals surface area contributed by atoms with Crippen LogP contribution in [0.5, 0.6) is 0 Å². The average molecular weight is 309 g/mol. The molecule has 112 valence electrons. The van der Waals surface area contributed by atoms with Crippen LogP contribution in [0, 0.1) is 16.9 Å². The van der Waals surface area contributed by atoms with E-state index in [9.17, 15) is 4.79 Å². The second kappa shape index (κ2) is 6.01. The summed E-state index contributed by atoms with van der Waals surface area (Å²) in [4.78, 5) is 11.8. The molecule has 0 aromatic rings. The molecule has 1 aliphatic rings. The zero-order chi connectivity index (χ0) is 15.6. The van der Waals surface area contributed by atoms with Crippen molar-refractivity contribution in [2.24, 2.45) is 5.41 Å². The molecule has 0 spiro atoms. The Balaban J connectivity index is 3.19. The van der Waals surface area contributed by atoms with Crippen LogP contribution in [-0.2, 0) is 9.22 Å². The van der Waals surface area contributed by atoms with E-state index in [1.807, 2.05) is 0 Å². The highest BCUT2D eigenvalue weighted by Gasteiger charge is 2.41. The monoisotopic (exact) mass is 308 g/mol. The Kier molecular flexibility index (Phi) is 5.23. The van der Waals surface area contributed by atoms with Gasteiger partial charge in [-0.2, -0.15) is 0 Å². The minimum absolute atomic E-state index is 0.177. The number of allylic oxidation sites excluding steroid dienone is 1. The zero-order valence-corrected chi connectivity index (χ0v) is 16.0. The lowest BCUT2D eigenvalue weighted by Crippen LogP contribution is -2.45. The number of hydrogen-bond acceptors (Lipinski definition) is 2. The van der Waals surface area contributed by atoms with Gasteiger partial charge in [0, 0.05) is 0 Å². The normalized spacial score (nSPS) is 27.4. The Morgan fingerprint density at radius 2 is 1.90 bits per heavy atom. The summed E-state index contributed by atoms with van der Waals surface area (Å²) in [7, 11) is -3.21. The van der Waals surface area contributed by atoms with Crippen molar-refractivity contribution in [3.63, 3.8) is 0 Å². The Morgan fingerprint density at radius 3 is 2.35 bits per heavy atom. The highest BCUT2D eigenvalue weighted by atomic mass is 28.4. The first kappa shape index (κ1) is 17.4. The molecule has 0 unspecified atom stereocenters. The second-order valence-electron chi connectivity index (χ2n) is 7.82. The van der Waals surface area contributed by atoms with Gasteiger partial charge in [-0.15, -0.1) is 5.54 Å². The van der Waals surface area contributed by atoms with E-state index in [0.717, 1.165) is 19.1 Å². The van der Waals surface area contributed by atoms with Gasteiger partial charge < -0.3 is 9.22 Å². The fraction of sp³-hybridized carbons (Fsp3) is 0.688. The molecule has 0 bridgehead atoms. The molecule has 0 heterocycles. The van der Waals surface area contributed by atoms with Crippen molar-refractivity contribution >= 4 is 22.7 Å². The van der Waals surface area contributed by atoms with Gasteiger partial charge in [0.1, 0.15) is 19.8 Å². The minimum atomic E-state index is -1.71. The van der Waals surface area contributed by atoms with Crippen LogP contribution < -0.4 is 0 Å². The molecule has 1 aliphatic carbocycles. The molecule has 0 aliphatic heterocycles. The molecule has 2 nitrogen and oxygen atoms in total. The van der Waals surface area contributed by atoms with E-state index in [0.29, 0.717) is 0 Å². The van der Waals surface area contributed by atoms with Gasteiger partial charge in [-0.25, -0.2) is 0 Å². The molecule has 4 heteroatoms. The minimum Gasteiger partial charge on any atom is -0.409 e. The second-order valence-corrected chi connectivity index (χ2v) is 17.0. The number of hydrogen-bond donors (Lipinski definition) is 0. The maximum Gasteiger partial charge on any atom is 0.184 e. The smallest absolute Gasteiger partial charge is 0.184 e. The van der Waals surface area contributed by atoms with Crippen LogP contribution in [-0.4, -0.2) is 28.8 Å². The Hall–Kier alpha value is -0.636. The number of carbonyl (C=O) groups is 1. The van der Waals surface area contributed by atoms with Crippen LogP contribution in [0.15, 0.2) is 11.6 Å². The largest absolute Gasteiger partial charge is 0.409 e.